The van der Waals surface area contributed by atoms with Crippen molar-refractivity contribution in [1.29, 1.82) is 0 Å². The molecule has 0 spiro atoms. The molecule has 0 aliphatic carbocycles. The Morgan fingerprint density at radius 1 is 1.16 bits per heavy atom. The Kier molecular flexibility index (Phi) is 5.22. The van der Waals surface area contributed by atoms with Crippen molar-refractivity contribution >= 4 is 44.6 Å². The van der Waals surface area contributed by atoms with Crippen LogP contribution in [0.3, 0.4) is 0 Å². The molecule has 132 valence electrons. The number of thiophene rings is 1. The molecule has 5 nitrogen and oxygen atoms in total. The van der Waals surface area contributed by atoms with E-state index in [1.807, 2.05) is 7.05 Å². The SMILES string of the molecule is CN([C@H](c1ccc(Cl)cc1)c1nccn1C)S(=O)(=O)c1ccc(Cl)s1. The van der Waals surface area contributed by atoms with Gasteiger partial charge in [0, 0.05) is 31.5 Å². The van der Waals surface area contributed by atoms with Crippen molar-refractivity contribution in [2.24, 2.45) is 7.05 Å². The van der Waals surface area contributed by atoms with Crippen molar-refractivity contribution in [3.8, 4) is 0 Å². The van der Waals surface area contributed by atoms with Crippen molar-refractivity contribution in [1.82, 2.24) is 13.9 Å². The monoisotopic (exact) mass is 415 g/mol. The zero-order chi connectivity index (χ0) is 18.2. The molecule has 3 aromatic rings. The molecule has 0 saturated carbocycles. The Morgan fingerprint density at radius 3 is 2.36 bits per heavy atom. The lowest BCUT2D eigenvalue weighted by molar-refractivity contribution is 0.399. The largest absolute Gasteiger partial charge is 0.336 e. The fourth-order valence-corrected chi connectivity index (χ4v) is 5.62. The van der Waals surface area contributed by atoms with Crippen molar-refractivity contribution < 1.29 is 8.42 Å². The Bertz CT molecular complexity index is 981. The smallest absolute Gasteiger partial charge is 0.253 e. The van der Waals surface area contributed by atoms with Crippen LogP contribution in [0.2, 0.25) is 9.36 Å². The first-order valence-electron chi connectivity index (χ1n) is 7.27. The molecule has 1 atom stereocenters. The molecule has 9 heteroatoms. The van der Waals surface area contributed by atoms with Crippen molar-refractivity contribution in [3.05, 3.63) is 69.5 Å². The maximum absolute atomic E-state index is 13.0. The summed E-state index contributed by atoms with van der Waals surface area (Å²) in [5.74, 6) is 0.607. The van der Waals surface area contributed by atoms with Crippen LogP contribution in [0.4, 0.5) is 0 Å². The van der Waals surface area contributed by atoms with E-state index in [0.717, 1.165) is 16.9 Å². The first-order valence-corrected chi connectivity index (χ1v) is 10.3. The van der Waals surface area contributed by atoms with E-state index in [2.05, 4.69) is 4.98 Å². The summed E-state index contributed by atoms with van der Waals surface area (Å²) in [5.41, 5.74) is 0.771. The summed E-state index contributed by atoms with van der Waals surface area (Å²) < 4.78 is 29.8. The highest BCUT2D eigenvalue weighted by Crippen LogP contribution is 2.34. The number of aryl methyl sites for hydroxylation is 1. The minimum absolute atomic E-state index is 0.188. The molecule has 0 amide bonds. The Balaban J connectivity index is 2.11. The van der Waals surface area contributed by atoms with Crippen molar-refractivity contribution in [2.45, 2.75) is 10.3 Å². The van der Waals surface area contributed by atoms with Gasteiger partial charge in [0.15, 0.2) is 0 Å². The molecule has 0 saturated heterocycles. The second-order valence-corrected chi connectivity index (χ2v) is 9.81. The standard InChI is InChI=1S/C16H15Cl2N3O2S2/c1-20-10-9-19-16(20)15(11-3-5-12(17)6-4-11)21(2)25(22,23)14-8-7-13(18)24-14/h3-10,15H,1-2H3/t15-/m1/s1. The molecule has 25 heavy (non-hydrogen) atoms. The molecular formula is C16H15Cl2N3O2S2. The maximum Gasteiger partial charge on any atom is 0.253 e. The van der Waals surface area contributed by atoms with Crippen LogP contribution >= 0.6 is 34.5 Å². The van der Waals surface area contributed by atoms with Gasteiger partial charge in [-0.3, -0.25) is 0 Å². The molecule has 0 N–H and O–H groups in total. The molecule has 2 heterocycles. The number of nitrogens with zero attached hydrogens (tertiary/aromatic N) is 3. The molecule has 0 fully saturated rings. The first kappa shape index (κ1) is 18.4. The zero-order valence-corrected chi connectivity index (χ0v) is 16.6. The van der Waals surface area contributed by atoms with Crippen molar-refractivity contribution in [3.63, 3.8) is 0 Å². The summed E-state index contributed by atoms with van der Waals surface area (Å²) in [4.78, 5) is 4.35. The van der Waals surface area contributed by atoms with Gasteiger partial charge in [0.25, 0.3) is 10.0 Å². The second-order valence-electron chi connectivity index (χ2n) is 5.43. The number of aromatic nitrogens is 2. The lowest BCUT2D eigenvalue weighted by atomic mass is 10.1. The van der Waals surface area contributed by atoms with Gasteiger partial charge in [-0.1, -0.05) is 35.3 Å². The predicted molar refractivity (Wildman–Crippen MR) is 101 cm³/mol. The molecule has 0 bridgehead atoms. The first-order chi connectivity index (χ1) is 11.8. The molecule has 3 rings (SSSR count). The number of sulfonamides is 1. The van der Waals surface area contributed by atoms with E-state index in [-0.39, 0.29) is 4.21 Å². The minimum Gasteiger partial charge on any atom is -0.336 e. The third-order valence-corrected chi connectivity index (χ3v) is 7.61. The van der Waals surface area contributed by atoms with E-state index >= 15 is 0 Å². The van der Waals surface area contributed by atoms with Crippen LogP contribution in [0.25, 0.3) is 0 Å². The van der Waals surface area contributed by atoms with Gasteiger partial charge < -0.3 is 4.57 Å². The molecule has 0 aliphatic heterocycles. The quantitative estimate of drug-likeness (QED) is 0.627. The van der Waals surface area contributed by atoms with Gasteiger partial charge >= 0.3 is 0 Å². The van der Waals surface area contributed by atoms with E-state index in [9.17, 15) is 8.42 Å². The summed E-state index contributed by atoms with van der Waals surface area (Å²) in [5, 5.41) is 0.581. The Hall–Kier alpha value is -1.38. The van der Waals surface area contributed by atoms with Crippen LogP contribution in [0.1, 0.15) is 17.4 Å². The molecule has 0 aliphatic rings. The van der Waals surface area contributed by atoms with E-state index in [1.54, 1.807) is 47.3 Å². The van der Waals surface area contributed by atoms with Gasteiger partial charge in [0.05, 0.1) is 4.34 Å². The van der Waals surface area contributed by atoms with Crippen LogP contribution in [0.15, 0.2) is 53.0 Å². The summed E-state index contributed by atoms with van der Waals surface area (Å²) in [6.45, 7) is 0. The number of hydrogen-bond donors (Lipinski definition) is 0. The molecule has 0 radical (unpaired) electrons. The second kappa shape index (κ2) is 7.09. The number of halogens is 2. The van der Waals surface area contributed by atoms with E-state index in [1.165, 1.54) is 17.4 Å². The molecular weight excluding hydrogens is 401 g/mol. The van der Waals surface area contributed by atoms with E-state index in [0.29, 0.717) is 15.2 Å². The third kappa shape index (κ3) is 3.61. The molecule has 1 aromatic carbocycles. The topological polar surface area (TPSA) is 55.2 Å². The third-order valence-electron chi connectivity index (χ3n) is 3.83. The summed E-state index contributed by atoms with van der Waals surface area (Å²) in [6.07, 6.45) is 3.42. The van der Waals surface area contributed by atoms with Gasteiger partial charge in [0.2, 0.25) is 0 Å². The van der Waals surface area contributed by atoms with Crippen LogP contribution in [0.5, 0.6) is 0 Å². The summed E-state index contributed by atoms with van der Waals surface area (Å²) in [6, 6.07) is 9.55. The van der Waals surface area contributed by atoms with Gasteiger partial charge in [-0.2, -0.15) is 4.31 Å². The number of imidazole rings is 1. The molecule has 0 unspecified atom stereocenters. The van der Waals surface area contributed by atoms with Crippen LogP contribution in [0, 0.1) is 0 Å². The normalized spacial score (nSPS) is 13.3. The predicted octanol–water partition coefficient (Wildman–Crippen LogP) is 4.20. The van der Waals surface area contributed by atoms with Gasteiger partial charge in [-0.15, -0.1) is 11.3 Å². The Morgan fingerprint density at radius 2 is 1.84 bits per heavy atom. The van der Waals surface area contributed by atoms with Gasteiger partial charge in [0.1, 0.15) is 16.1 Å². The van der Waals surface area contributed by atoms with E-state index in [4.69, 9.17) is 23.2 Å². The lowest BCUT2D eigenvalue weighted by Crippen LogP contribution is -2.33. The number of hydrogen-bond acceptors (Lipinski definition) is 4. The van der Waals surface area contributed by atoms with Crippen LogP contribution in [-0.4, -0.2) is 29.3 Å². The average Bonchev–Trinajstić information content (AvgIpc) is 3.19. The fourth-order valence-electron chi connectivity index (χ4n) is 2.52. The van der Waals surface area contributed by atoms with Gasteiger partial charge in [-0.25, -0.2) is 13.4 Å². The van der Waals surface area contributed by atoms with Crippen LogP contribution < -0.4 is 0 Å². The maximum atomic E-state index is 13.0. The minimum atomic E-state index is -3.74. The number of benzene rings is 1. The highest BCUT2D eigenvalue weighted by atomic mass is 35.5. The summed E-state index contributed by atoms with van der Waals surface area (Å²) >= 11 is 12.9. The van der Waals surface area contributed by atoms with Crippen LogP contribution in [-0.2, 0) is 17.1 Å². The molecule has 2 aromatic heterocycles. The lowest BCUT2D eigenvalue weighted by Gasteiger charge is -2.27. The highest BCUT2D eigenvalue weighted by Gasteiger charge is 2.33. The zero-order valence-electron chi connectivity index (χ0n) is 13.4. The van der Waals surface area contributed by atoms with E-state index < -0.39 is 16.1 Å². The summed E-state index contributed by atoms with van der Waals surface area (Å²) in [7, 11) is -0.372. The van der Waals surface area contributed by atoms with Crippen molar-refractivity contribution in [2.75, 3.05) is 7.05 Å². The average molecular weight is 416 g/mol. The van der Waals surface area contributed by atoms with Gasteiger partial charge in [-0.05, 0) is 29.8 Å². The number of rotatable bonds is 5. The fraction of sp³-hybridized carbons (Fsp3) is 0.188. The Labute approximate surface area is 160 Å². The highest BCUT2D eigenvalue weighted by molar-refractivity contribution is 7.91.